The van der Waals surface area contributed by atoms with E-state index in [2.05, 4.69) is 16.0 Å². The molecule has 0 bridgehead atoms. The van der Waals surface area contributed by atoms with Crippen molar-refractivity contribution in [3.63, 3.8) is 0 Å². The Hall–Kier alpha value is -3.09. The molecule has 1 saturated heterocycles. The van der Waals surface area contributed by atoms with Crippen molar-refractivity contribution in [3.05, 3.63) is 59.9 Å². The van der Waals surface area contributed by atoms with Gasteiger partial charge in [0.05, 0.1) is 7.11 Å². The van der Waals surface area contributed by atoms with E-state index >= 15 is 0 Å². The molecule has 4 rings (SSSR count). The molecule has 2 atom stereocenters. The Kier molecular flexibility index (Phi) is 5.13. The van der Waals surface area contributed by atoms with Gasteiger partial charge in [0.25, 0.3) is 0 Å². The summed E-state index contributed by atoms with van der Waals surface area (Å²) >= 11 is 0. The van der Waals surface area contributed by atoms with E-state index in [9.17, 15) is 14.0 Å². The second-order valence-corrected chi connectivity index (χ2v) is 7.69. The van der Waals surface area contributed by atoms with Crippen molar-refractivity contribution in [2.24, 2.45) is 0 Å². The number of hydrogen-bond donors (Lipinski definition) is 3. The van der Waals surface area contributed by atoms with Crippen molar-refractivity contribution in [1.82, 2.24) is 10.6 Å². The lowest BCUT2D eigenvalue weighted by Crippen LogP contribution is -2.45. The topological polar surface area (TPSA) is 79.5 Å². The predicted molar refractivity (Wildman–Crippen MR) is 107 cm³/mol. The Labute approximate surface area is 168 Å². The van der Waals surface area contributed by atoms with Crippen LogP contribution < -0.4 is 20.7 Å². The molecular weight excluding hydrogens is 373 g/mol. The smallest absolute Gasteiger partial charge is 0.319 e. The van der Waals surface area contributed by atoms with Gasteiger partial charge in [0.2, 0.25) is 5.91 Å². The van der Waals surface area contributed by atoms with Crippen LogP contribution in [0.2, 0.25) is 0 Å². The number of rotatable bonds is 4. The zero-order valence-corrected chi connectivity index (χ0v) is 16.2. The average Bonchev–Trinajstić information content (AvgIpc) is 3.28. The van der Waals surface area contributed by atoms with Crippen LogP contribution in [0.15, 0.2) is 48.5 Å². The molecule has 1 saturated carbocycles. The number of urea groups is 1. The summed E-state index contributed by atoms with van der Waals surface area (Å²) in [7, 11) is 1.61. The molecule has 7 heteroatoms. The van der Waals surface area contributed by atoms with E-state index in [-0.39, 0.29) is 23.2 Å². The van der Waals surface area contributed by atoms with Crippen LogP contribution >= 0.6 is 0 Å². The lowest BCUT2D eigenvalue weighted by molar-refractivity contribution is -0.121. The van der Waals surface area contributed by atoms with Crippen LogP contribution in [0.1, 0.15) is 37.2 Å². The van der Waals surface area contributed by atoms with E-state index in [1.54, 1.807) is 7.11 Å². The van der Waals surface area contributed by atoms with Gasteiger partial charge < -0.3 is 20.7 Å². The van der Waals surface area contributed by atoms with Crippen molar-refractivity contribution >= 4 is 17.6 Å². The van der Waals surface area contributed by atoms with Crippen molar-refractivity contribution in [2.75, 3.05) is 12.4 Å². The summed E-state index contributed by atoms with van der Waals surface area (Å²) in [6.07, 6.45) is 3.85. The Balaban J connectivity index is 1.58. The van der Waals surface area contributed by atoms with Crippen LogP contribution in [0.4, 0.5) is 14.9 Å². The SMILES string of the molecule is COc1ccc([C@@H]2[C@@H](NC(=O)Nc3ccc(F)cc3)C(=O)NC23CCCC3)cc1. The zero-order valence-electron chi connectivity index (χ0n) is 16.2. The highest BCUT2D eigenvalue weighted by Gasteiger charge is 2.55. The van der Waals surface area contributed by atoms with E-state index in [1.807, 2.05) is 24.3 Å². The maximum atomic E-state index is 13.1. The normalized spacial score (nSPS) is 22.3. The van der Waals surface area contributed by atoms with Crippen molar-refractivity contribution < 1.29 is 18.7 Å². The third-order valence-electron chi connectivity index (χ3n) is 5.94. The van der Waals surface area contributed by atoms with Gasteiger partial charge in [-0.15, -0.1) is 0 Å². The molecule has 152 valence electrons. The highest BCUT2D eigenvalue weighted by molar-refractivity contribution is 5.96. The van der Waals surface area contributed by atoms with E-state index < -0.39 is 12.1 Å². The van der Waals surface area contributed by atoms with E-state index in [0.717, 1.165) is 37.0 Å². The monoisotopic (exact) mass is 397 g/mol. The largest absolute Gasteiger partial charge is 0.497 e. The molecule has 0 radical (unpaired) electrons. The summed E-state index contributed by atoms with van der Waals surface area (Å²) in [5, 5.41) is 8.67. The number of carbonyl (C=O) groups is 2. The molecule has 1 aliphatic carbocycles. The number of anilines is 1. The molecule has 6 nitrogen and oxygen atoms in total. The fourth-order valence-corrected chi connectivity index (χ4v) is 4.63. The highest BCUT2D eigenvalue weighted by Crippen LogP contribution is 2.47. The average molecular weight is 397 g/mol. The number of ether oxygens (including phenoxy) is 1. The summed E-state index contributed by atoms with van der Waals surface area (Å²) in [6, 6.07) is 12.0. The van der Waals surface area contributed by atoms with Gasteiger partial charge in [-0.2, -0.15) is 0 Å². The number of benzene rings is 2. The number of carbonyl (C=O) groups excluding carboxylic acids is 2. The van der Waals surface area contributed by atoms with Crippen molar-refractivity contribution in [2.45, 2.75) is 43.2 Å². The molecule has 0 aromatic heterocycles. The molecule has 3 N–H and O–H groups in total. The number of amides is 3. The summed E-state index contributed by atoms with van der Waals surface area (Å²) < 4.78 is 18.3. The quantitative estimate of drug-likeness (QED) is 0.738. The molecule has 2 aromatic carbocycles. The van der Waals surface area contributed by atoms with Gasteiger partial charge in [-0.05, 0) is 54.8 Å². The molecule has 2 aliphatic rings. The minimum absolute atomic E-state index is 0.178. The van der Waals surface area contributed by atoms with Crippen LogP contribution in [-0.2, 0) is 4.79 Å². The Bertz CT molecular complexity index is 893. The second-order valence-electron chi connectivity index (χ2n) is 7.69. The number of halogens is 1. The molecule has 29 heavy (non-hydrogen) atoms. The summed E-state index contributed by atoms with van der Waals surface area (Å²) in [6.45, 7) is 0. The predicted octanol–water partition coefficient (Wildman–Crippen LogP) is 3.55. The van der Waals surface area contributed by atoms with E-state index in [1.165, 1.54) is 24.3 Å². The molecule has 3 amide bonds. The molecule has 2 fully saturated rings. The Morgan fingerprint density at radius 3 is 2.38 bits per heavy atom. The van der Waals surface area contributed by atoms with Gasteiger partial charge in [-0.25, -0.2) is 9.18 Å². The van der Waals surface area contributed by atoms with Crippen LogP contribution in [0.5, 0.6) is 5.75 Å². The van der Waals surface area contributed by atoms with Gasteiger partial charge >= 0.3 is 6.03 Å². The first kappa shape index (κ1) is 19.2. The maximum absolute atomic E-state index is 13.1. The minimum atomic E-state index is -0.693. The van der Waals surface area contributed by atoms with Crippen LogP contribution in [0.3, 0.4) is 0 Å². The first-order chi connectivity index (χ1) is 14.0. The van der Waals surface area contributed by atoms with Gasteiger partial charge in [-0.1, -0.05) is 25.0 Å². The molecule has 1 aliphatic heterocycles. The Morgan fingerprint density at radius 1 is 1.10 bits per heavy atom. The maximum Gasteiger partial charge on any atom is 0.319 e. The third kappa shape index (κ3) is 3.77. The standard InChI is InChI=1S/C22H24FN3O3/c1-29-17-10-4-14(5-11-17)18-19(20(27)26-22(18)12-2-3-13-22)25-21(28)24-16-8-6-15(23)7-9-16/h4-11,18-19H,2-3,12-13H2,1H3,(H,26,27)(H2,24,25,28)/t18-,19-/m1/s1. The number of hydrogen-bond acceptors (Lipinski definition) is 3. The molecule has 1 spiro atoms. The van der Waals surface area contributed by atoms with Crippen LogP contribution in [-0.4, -0.2) is 30.6 Å². The van der Waals surface area contributed by atoms with Crippen LogP contribution in [0.25, 0.3) is 0 Å². The summed E-state index contributed by atoms with van der Waals surface area (Å²) in [5.74, 6) is 0.00304. The van der Waals surface area contributed by atoms with Gasteiger partial charge in [0.15, 0.2) is 0 Å². The van der Waals surface area contributed by atoms with Gasteiger partial charge in [-0.3, -0.25) is 4.79 Å². The van der Waals surface area contributed by atoms with E-state index in [4.69, 9.17) is 4.74 Å². The summed E-state index contributed by atoms with van der Waals surface area (Å²) in [5.41, 5.74) is 1.09. The third-order valence-corrected chi connectivity index (χ3v) is 5.94. The van der Waals surface area contributed by atoms with E-state index in [0.29, 0.717) is 5.69 Å². The first-order valence-electron chi connectivity index (χ1n) is 9.80. The lowest BCUT2D eigenvalue weighted by Gasteiger charge is -2.33. The fraction of sp³-hybridized carbons (Fsp3) is 0.364. The fourth-order valence-electron chi connectivity index (χ4n) is 4.63. The molecule has 1 heterocycles. The minimum Gasteiger partial charge on any atom is -0.497 e. The molecule has 0 unspecified atom stereocenters. The van der Waals surface area contributed by atoms with Gasteiger partial charge in [0, 0.05) is 17.1 Å². The van der Waals surface area contributed by atoms with Gasteiger partial charge in [0.1, 0.15) is 17.6 Å². The van der Waals surface area contributed by atoms with Crippen molar-refractivity contribution in [3.8, 4) is 5.75 Å². The second kappa shape index (κ2) is 7.73. The summed E-state index contributed by atoms with van der Waals surface area (Å²) in [4.78, 5) is 25.4. The number of nitrogens with one attached hydrogen (secondary N) is 3. The Morgan fingerprint density at radius 2 is 1.76 bits per heavy atom. The zero-order chi connectivity index (χ0) is 20.4. The van der Waals surface area contributed by atoms with Crippen LogP contribution in [0, 0.1) is 5.82 Å². The molecular formula is C22H24FN3O3. The first-order valence-corrected chi connectivity index (χ1v) is 9.80. The molecule has 2 aromatic rings. The lowest BCUT2D eigenvalue weighted by atomic mass is 9.77. The van der Waals surface area contributed by atoms with Crippen molar-refractivity contribution in [1.29, 1.82) is 0 Å². The highest BCUT2D eigenvalue weighted by atomic mass is 19.1. The number of methoxy groups -OCH3 is 1.